The normalized spacial score (nSPS) is 14.5. The zero-order chi connectivity index (χ0) is 4.99. The topological polar surface area (TPSA) is 20.2 Å². The van der Waals surface area contributed by atoms with Gasteiger partial charge in [0.1, 0.15) is 0 Å². The molecule has 0 aromatic rings. The van der Waals surface area contributed by atoms with Crippen LogP contribution in [0, 0.1) is 0 Å². The first-order chi connectivity index (χ1) is 2.77. The van der Waals surface area contributed by atoms with Gasteiger partial charge in [-0.1, -0.05) is 22.6 Å². The summed E-state index contributed by atoms with van der Waals surface area (Å²) in [4.78, 5) is 0. The highest BCUT2D eigenvalue weighted by molar-refractivity contribution is 14.1. The van der Waals surface area contributed by atoms with Gasteiger partial charge in [-0.3, -0.25) is 0 Å². The summed E-state index contributed by atoms with van der Waals surface area (Å²) in [6.45, 7) is 1.80. The first kappa shape index (κ1) is 6.69. The lowest BCUT2D eigenvalue weighted by molar-refractivity contribution is 0.193. The Morgan fingerprint density at radius 3 is 2.33 bits per heavy atom. The molecule has 0 fully saturated rings. The smallest absolute Gasteiger partial charge is 0.0519 e. The number of alkyl halides is 1. The van der Waals surface area contributed by atoms with Crippen molar-refractivity contribution in [2.45, 2.75) is 19.4 Å². The Labute approximate surface area is 51.9 Å². The Kier molecular flexibility index (Phi) is 4.31. The number of rotatable bonds is 2. The lowest BCUT2D eigenvalue weighted by Crippen LogP contribution is -1.97. The summed E-state index contributed by atoms with van der Waals surface area (Å²) in [5, 5.41) is 8.55. The van der Waals surface area contributed by atoms with Crippen LogP contribution in [0.4, 0.5) is 0 Å². The van der Waals surface area contributed by atoms with Gasteiger partial charge in [0.05, 0.1) is 6.10 Å². The minimum Gasteiger partial charge on any atom is -0.393 e. The van der Waals surface area contributed by atoms with Gasteiger partial charge >= 0.3 is 0 Å². The Morgan fingerprint density at radius 1 is 1.83 bits per heavy atom. The number of hydrogen-bond donors (Lipinski definition) is 1. The monoisotopic (exact) mass is 200 g/mol. The van der Waals surface area contributed by atoms with Crippen LogP contribution in [0.15, 0.2) is 0 Å². The summed E-state index contributed by atoms with van der Waals surface area (Å²) in [7, 11) is 0. The van der Waals surface area contributed by atoms with Crippen LogP contribution in [0.5, 0.6) is 0 Å². The Morgan fingerprint density at radius 2 is 2.33 bits per heavy atom. The first-order valence-corrected chi connectivity index (χ1v) is 3.54. The van der Waals surface area contributed by atoms with E-state index in [0.29, 0.717) is 0 Å². The van der Waals surface area contributed by atoms with E-state index in [0.717, 1.165) is 10.8 Å². The van der Waals surface area contributed by atoms with Gasteiger partial charge in [0.15, 0.2) is 0 Å². The Bertz CT molecular complexity index is 28.7. The van der Waals surface area contributed by atoms with Gasteiger partial charge in [0.25, 0.3) is 0 Å². The summed E-state index contributed by atoms with van der Waals surface area (Å²) < 4.78 is 1.05. The molecule has 1 atom stereocenters. The molecule has 0 aliphatic rings. The summed E-state index contributed by atoms with van der Waals surface area (Å²) in [5.74, 6) is 0. The molecular weight excluding hydrogens is 191 g/mol. The summed E-state index contributed by atoms with van der Waals surface area (Å²) in [6, 6.07) is 0. The number of halogens is 1. The molecule has 0 heterocycles. The standard InChI is InChI=1S/C4H9IO/c1-4(6)2-3-5/h4,6H,2-3H2,1H3. The molecule has 0 aromatic carbocycles. The van der Waals surface area contributed by atoms with Gasteiger partial charge in [-0.25, -0.2) is 0 Å². The highest BCUT2D eigenvalue weighted by Crippen LogP contribution is 1.92. The summed E-state index contributed by atoms with van der Waals surface area (Å²) >= 11 is 2.24. The van der Waals surface area contributed by atoms with Gasteiger partial charge in [-0.05, 0) is 13.3 Å². The largest absolute Gasteiger partial charge is 0.393 e. The maximum atomic E-state index is 8.55. The van der Waals surface area contributed by atoms with Crippen molar-refractivity contribution in [3.8, 4) is 0 Å². The minimum absolute atomic E-state index is 0.109. The third-order valence-electron chi connectivity index (χ3n) is 0.527. The van der Waals surface area contributed by atoms with Crippen LogP contribution in [0.1, 0.15) is 13.3 Å². The molecule has 0 aromatic heterocycles. The molecule has 0 aliphatic carbocycles. The zero-order valence-electron chi connectivity index (χ0n) is 3.82. The second-order valence-electron chi connectivity index (χ2n) is 1.33. The lowest BCUT2D eigenvalue weighted by Gasteiger charge is -1.94. The van der Waals surface area contributed by atoms with E-state index in [2.05, 4.69) is 22.6 Å². The second-order valence-corrected chi connectivity index (χ2v) is 2.41. The summed E-state index contributed by atoms with van der Waals surface area (Å²) in [5.41, 5.74) is 0. The fraction of sp³-hybridized carbons (Fsp3) is 1.00. The molecule has 6 heavy (non-hydrogen) atoms. The molecule has 2 heteroatoms. The van der Waals surface area contributed by atoms with Crippen LogP contribution >= 0.6 is 22.6 Å². The van der Waals surface area contributed by atoms with Crippen LogP contribution in [0.2, 0.25) is 0 Å². The molecular formula is C4H9IO. The van der Waals surface area contributed by atoms with Gasteiger partial charge in [-0.2, -0.15) is 0 Å². The lowest BCUT2D eigenvalue weighted by atomic mass is 10.3. The molecule has 0 rings (SSSR count). The molecule has 0 saturated heterocycles. The third kappa shape index (κ3) is 4.69. The molecule has 0 aliphatic heterocycles. The van der Waals surface area contributed by atoms with Crippen molar-refractivity contribution in [3.05, 3.63) is 0 Å². The van der Waals surface area contributed by atoms with Crippen LogP contribution in [0.3, 0.4) is 0 Å². The van der Waals surface area contributed by atoms with E-state index < -0.39 is 0 Å². The molecule has 0 saturated carbocycles. The molecule has 1 nitrogen and oxygen atoms in total. The quantitative estimate of drug-likeness (QED) is 0.524. The van der Waals surface area contributed by atoms with E-state index in [4.69, 9.17) is 5.11 Å². The van der Waals surface area contributed by atoms with Crippen molar-refractivity contribution in [2.24, 2.45) is 0 Å². The maximum absolute atomic E-state index is 8.55. The molecule has 0 spiro atoms. The second kappa shape index (κ2) is 3.87. The highest BCUT2D eigenvalue weighted by Gasteiger charge is 1.88. The Balaban J connectivity index is 2.63. The van der Waals surface area contributed by atoms with E-state index in [1.54, 1.807) is 6.92 Å². The molecule has 38 valence electrons. The average molecular weight is 200 g/mol. The molecule has 1 N–H and O–H groups in total. The number of aliphatic hydroxyl groups excluding tert-OH is 1. The van der Waals surface area contributed by atoms with Crippen LogP contribution in [-0.4, -0.2) is 15.6 Å². The third-order valence-corrected chi connectivity index (χ3v) is 1.15. The SMILES string of the molecule is CC(O)CCI. The number of hydrogen-bond acceptors (Lipinski definition) is 1. The van der Waals surface area contributed by atoms with Crippen LogP contribution < -0.4 is 0 Å². The highest BCUT2D eigenvalue weighted by atomic mass is 127. The molecule has 1 unspecified atom stereocenters. The minimum atomic E-state index is -0.109. The van der Waals surface area contributed by atoms with Crippen molar-refractivity contribution < 1.29 is 5.11 Å². The van der Waals surface area contributed by atoms with Crippen LogP contribution in [0.25, 0.3) is 0 Å². The van der Waals surface area contributed by atoms with Gasteiger partial charge in [0, 0.05) is 4.43 Å². The summed E-state index contributed by atoms with van der Waals surface area (Å²) in [6.07, 6.45) is 0.808. The predicted molar refractivity (Wildman–Crippen MR) is 35.2 cm³/mol. The maximum Gasteiger partial charge on any atom is 0.0519 e. The van der Waals surface area contributed by atoms with Crippen LogP contribution in [-0.2, 0) is 0 Å². The molecule has 0 radical (unpaired) electrons. The van der Waals surface area contributed by atoms with Crippen molar-refractivity contribution in [1.29, 1.82) is 0 Å². The van der Waals surface area contributed by atoms with Crippen molar-refractivity contribution in [2.75, 3.05) is 4.43 Å². The first-order valence-electron chi connectivity index (χ1n) is 2.01. The van der Waals surface area contributed by atoms with Gasteiger partial charge in [-0.15, -0.1) is 0 Å². The van der Waals surface area contributed by atoms with Gasteiger partial charge < -0.3 is 5.11 Å². The van der Waals surface area contributed by atoms with E-state index in [1.807, 2.05) is 0 Å². The van der Waals surface area contributed by atoms with E-state index in [1.165, 1.54) is 0 Å². The van der Waals surface area contributed by atoms with Crippen molar-refractivity contribution in [3.63, 3.8) is 0 Å². The fourth-order valence-electron chi connectivity index (χ4n) is 0.158. The fourth-order valence-corrected chi connectivity index (χ4v) is 1.06. The van der Waals surface area contributed by atoms with E-state index >= 15 is 0 Å². The van der Waals surface area contributed by atoms with Crippen molar-refractivity contribution in [1.82, 2.24) is 0 Å². The zero-order valence-corrected chi connectivity index (χ0v) is 5.97. The van der Waals surface area contributed by atoms with E-state index in [-0.39, 0.29) is 6.10 Å². The molecule has 0 amide bonds. The van der Waals surface area contributed by atoms with Crippen molar-refractivity contribution >= 4 is 22.6 Å². The Hall–Kier alpha value is 0.690. The average Bonchev–Trinajstić information content (AvgIpc) is 1.35. The number of aliphatic hydroxyl groups is 1. The molecule has 0 bridgehead atoms. The predicted octanol–water partition coefficient (Wildman–Crippen LogP) is 1.19. The van der Waals surface area contributed by atoms with Gasteiger partial charge in [0.2, 0.25) is 0 Å². The van der Waals surface area contributed by atoms with E-state index in [9.17, 15) is 0 Å².